The standard InChI is InChI=1S/C24H24BrN3O2S/c1-2-29-22-14-20(13-21(25)23(22)30-16-18-9-5-3-6-10-18)15-27-28-24(26)31-17-19-11-7-4-8-12-19/h3-15H,2,16-17H2,1H3,(H2,26,28). The average molecular weight is 498 g/mol. The molecular weight excluding hydrogens is 474 g/mol. The van der Waals surface area contributed by atoms with Gasteiger partial charge in [-0.3, -0.25) is 0 Å². The van der Waals surface area contributed by atoms with Crippen LogP contribution in [0.1, 0.15) is 23.6 Å². The molecule has 0 saturated carbocycles. The van der Waals surface area contributed by atoms with Crippen molar-refractivity contribution in [1.29, 1.82) is 0 Å². The van der Waals surface area contributed by atoms with Crippen molar-refractivity contribution in [3.05, 3.63) is 94.0 Å². The molecule has 0 heterocycles. The SMILES string of the molecule is CCOc1cc(C=NN=C(N)SCc2ccccc2)cc(Br)c1OCc1ccccc1. The van der Waals surface area contributed by atoms with Crippen molar-refractivity contribution in [2.75, 3.05) is 6.61 Å². The van der Waals surface area contributed by atoms with E-state index in [2.05, 4.69) is 38.3 Å². The largest absolute Gasteiger partial charge is 0.490 e. The Balaban J connectivity index is 1.66. The fourth-order valence-corrected chi connectivity index (χ4v) is 3.89. The second kappa shape index (κ2) is 12.2. The number of hydrogen-bond acceptors (Lipinski definition) is 5. The van der Waals surface area contributed by atoms with E-state index in [1.54, 1.807) is 6.21 Å². The summed E-state index contributed by atoms with van der Waals surface area (Å²) < 4.78 is 12.6. The van der Waals surface area contributed by atoms with E-state index in [0.717, 1.165) is 21.4 Å². The van der Waals surface area contributed by atoms with Crippen LogP contribution in [-0.4, -0.2) is 18.0 Å². The Labute approximate surface area is 195 Å². The van der Waals surface area contributed by atoms with Gasteiger partial charge in [0.05, 0.1) is 17.3 Å². The van der Waals surface area contributed by atoms with Gasteiger partial charge in [-0.25, -0.2) is 0 Å². The lowest BCUT2D eigenvalue weighted by atomic mass is 10.2. The van der Waals surface area contributed by atoms with Gasteiger partial charge in [-0.05, 0) is 51.7 Å². The quantitative estimate of drug-likeness (QED) is 0.223. The topological polar surface area (TPSA) is 69.2 Å². The zero-order valence-electron chi connectivity index (χ0n) is 17.2. The molecule has 160 valence electrons. The monoisotopic (exact) mass is 497 g/mol. The van der Waals surface area contributed by atoms with E-state index < -0.39 is 0 Å². The van der Waals surface area contributed by atoms with Gasteiger partial charge in [-0.2, -0.15) is 5.10 Å². The summed E-state index contributed by atoms with van der Waals surface area (Å²) in [5, 5.41) is 8.61. The molecule has 3 aromatic carbocycles. The summed E-state index contributed by atoms with van der Waals surface area (Å²) in [4.78, 5) is 0. The number of nitrogens with zero attached hydrogens (tertiary/aromatic N) is 2. The van der Waals surface area contributed by atoms with Gasteiger partial charge in [0.15, 0.2) is 16.7 Å². The molecule has 0 bridgehead atoms. The van der Waals surface area contributed by atoms with Crippen molar-refractivity contribution in [3.63, 3.8) is 0 Å². The molecular formula is C24H24BrN3O2S. The maximum absolute atomic E-state index is 6.01. The Hall–Kier alpha value is -2.77. The maximum Gasteiger partial charge on any atom is 0.180 e. The van der Waals surface area contributed by atoms with Crippen LogP contribution in [0.3, 0.4) is 0 Å². The molecule has 0 radical (unpaired) electrons. The van der Waals surface area contributed by atoms with Crippen molar-refractivity contribution < 1.29 is 9.47 Å². The zero-order chi connectivity index (χ0) is 21.9. The summed E-state index contributed by atoms with van der Waals surface area (Å²) in [6.07, 6.45) is 1.64. The first-order valence-electron chi connectivity index (χ1n) is 9.82. The third kappa shape index (κ3) is 7.45. The molecule has 0 aliphatic heterocycles. The zero-order valence-corrected chi connectivity index (χ0v) is 19.6. The number of rotatable bonds is 9. The Kier molecular flexibility index (Phi) is 8.99. The molecule has 2 N–H and O–H groups in total. The van der Waals surface area contributed by atoms with Crippen LogP contribution in [0.5, 0.6) is 11.5 Å². The molecule has 3 aromatic rings. The molecule has 0 atom stereocenters. The second-order valence-corrected chi connectivity index (χ2v) is 8.34. The summed E-state index contributed by atoms with van der Waals surface area (Å²) in [5.74, 6) is 2.05. The Morgan fingerprint density at radius 3 is 2.35 bits per heavy atom. The first kappa shape index (κ1) is 22.9. The van der Waals surface area contributed by atoms with Gasteiger partial charge in [0.1, 0.15) is 6.61 Å². The average Bonchev–Trinajstić information content (AvgIpc) is 2.79. The van der Waals surface area contributed by atoms with Crippen molar-refractivity contribution in [2.45, 2.75) is 19.3 Å². The molecule has 5 nitrogen and oxygen atoms in total. The highest BCUT2D eigenvalue weighted by Crippen LogP contribution is 2.37. The van der Waals surface area contributed by atoms with Crippen molar-refractivity contribution >= 4 is 39.1 Å². The molecule has 0 aliphatic rings. The van der Waals surface area contributed by atoms with Crippen LogP contribution in [0.2, 0.25) is 0 Å². The highest BCUT2D eigenvalue weighted by Gasteiger charge is 2.12. The van der Waals surface area contributed by atoms with E-state index >= 15 is 0 Å². The molecule has 0 fully saturated rings. The predicted molar refractivity (Wildman–Crippen MR) is 133 cm³/mol. The van der Waals surface area contributed by atoms with E-state index in [0.29, 0.717) is 29.9 Å². The number of hydrogen-bond donors (Lipinski definition) is 1. The van der Waals surface area contributed by atoms with Gasteiger partial charge >= 0.3 is 0 Å². The van der Waals surface area contributed by atoms with Crippen LogP contribution in [0.25, 0.3) is 0 Å². The number of ether oxygens (including phenoxy) is 2. The van der Waals surface area contributed by atoms with E-state index in [-0.39, 0.29) is 0 Å². The molecule has 7 heteroatoms. The van der Waals surface area contributed by atoms with Crippen LogP contribution in [0.15, 0.2) is 87.5 Å². The normalized spacial score (nSPS) is 11.6. The van der Waals surface area contributed by atoms with Gasteiger partial charge in [0.2, 0.25) is 0 Å². The van der Waals surface area contributed by atoms with Crippen LogP contribution in [-0.2, 0) is 12.4 Å². The highest BCUT2D eigenvalue weighted by molar-refractivity contribution is 9.10. The number of halogens is 1. The van der Waals surface area contributed by atoms with E-state index in [9.17, 15) is 0 Å². The van der Waals surface area contributed by atoms with Crippen molar-refractivity contribution in [3.8, 4) is 11.5 Å². The van der Waals surface area contributed by atoms with Crippen molar-refractivity contribution in [1.82, 2.24) is 0 Å². The van der Waals surface area contributed by atoms with Gasteiger partial charge in [-0.15, -0.1) is 5.10 Å². The first-order valence-corrected chi connectivity index (χ1v) is 11.6. The summed E-state index contributed by atoms with van der Waals surface area (Å²) >= 11 is 5.03. The van der Waals surface area contributed by atoms with Crippen LogP contribution in [0, 0.1) is 0 Å². The third-order valence-corrected chi connectivity index (χ3v) is 5.59. The van der Waals surface area contributed by atoms with Gasteiger partial charge < -0.3 is 15.2 Å². The fraction of sp³-hybridized carbons (Fsp3) is 0.167. The van der Waals surface area contributed by atoms with Crippen LogP contribution in [0.4, 0.5) is 0 Å². The van der Waals surface area contributed by atoms with Crippen LogP contribution >= 0.6 is 27.7 Å². The minimum absolute atomic E-state index is 0.409. The Bertz CT molecular complexity index is 1030. The molecule has 0 saturated heterocycles. The van der Waals surface area contributed by atoms with Crippen LogP contribution < -0.4 is 15.2 Å². The molecule has 0 amide bonds. The number of benzene rings is 3. The van der Waals surface area contributed by atoms with E-state index in [1.165, 1.54) is 17.3 Å². The van der Waals surface area contributed by atoms with E-state index in [4.69, 9.17) is 15.2 Å². The Morgan fingerprint density at radius 1 is 1.00 bits per heavy atom. The number of thioether (sulfide) groups is 1. The lowest BCUT2D eigenvalue weighted by Crippen LogP contribution is -2.06. The van der Waals surface area contributed by atoms with Gasteiger partial charge in [0.25, 0.3) is 0 Å². The number of amidine groups is 1. The lowest BCUT2D eigenvalue weighted by molar-refractivity contribution is 0.267. The third-order valence-electron chi connectivity index (χ3n) is 4.15. The molecule has 0 spiro atoms. The molecule has 31 heavy (non-hydrogen) atoms. The van der Waals surface area contributed by atoms with E-state index in [1.807, 2.05) is 67.6 Å². The van der Waals surface area contributed by atoms with Crippen molar-refractivity contribution in [2.24, 2.45) is 15.9 Å². The molecule has 0 aromatic heterocycles. The number of nitrogens with two attached hydrogens (primary N) is 1. The minimum atomic E-state index is 0.409. The summed E-state index contributed by atoms with van der Waals surface area (Å²) in [6.45, 7) is 2.91. The summed E-state index contributed by atoms with van der Waals surface area (Å²) in [7, 11) is 0. The summed E-state index contributed by atoms with van der Waals surface area (Å²) in [5.41, 5.74) is 9.05. The van der Waals surface area contributed by atoms with Gasteiger partial charge in [0, 0.05) is 5.75 Å². The molecule has 3 rings (SSSR count). The minimum Gasteiger partial charge on any atom is -0.490 e. The lowest BCUT2D eigenvalue weighted by Gasteiger charge is -2.14. The first-order chi connectivity index (χ1) is 15.2. The smallest absolute Gasteiger partial charge is 0.180 e. The predicted octanol–water partition coefficient (Wildman–Crippen LogP) is 6.01. The second-order valence-electron chi connectivity index (χ2n) is 6.49. The van der Waals surface area contributed by atoms with Gasteiger partial charge in [-0.1, -0.05) is 72.4 Å². The summed E-state index contributed by atoms with van der Waals surface area (Å²) in [6, 6.07) is 23.9. The maximum atomic E-state index is 6.01. The Morgan fingerprint density at radius 2 is 1.68 bits per heavy atom. The highest BCUT2D eigenvalue weighted by atomic mass is 79.9. The fourth-order valence-electron chi connectivity index (χ4n) is 2.71. The molecule has 0 aliphatic carbocycles. The molecule has 0 unspecified atom stereocenters.